The Labute approximate surface area is 277 Å². The molecule has 0 bridgehead atoms. The average Bonchev–Trinajstić information content (AvgIpc) is 3.34. The van der Waals surface area contributed by atoms with E-state index >= 15 is 4.39 Å². The number of benzene rings is 5. The first kappa shape index (κ1) is 31.3. The van der Waals surface area contributed by atoms with Crippen molar-refractivity contribution < 1.29 is 32.6 Å². The zero-order valence-electron chi connectivity index (χ0n) is 27.2. The fourth-order valence-electron chi connectivity index (χ4n) is 7.29. The van der Waals surface area contributed by atoms with E-state index in [9.17, 15) is 14.0 Å². The Morgan fingerprint density at radius 3 is 2.23 bits per heavy atom. The minimum absolute atomic E-state index is 0.159. The van der Waals surface area contributed by atoms with Crippen LogP contribution in [-0.4, -0.2) is 26.0 Å². The van der Waals surface area contributed by atoms with Gasteiger partial charge in [0.25, 0.3) is 0 Å². The molecule has 0 spiro atoms. The number of fused-ring (bicyclic) bond motifs is 8. The molecule has 5 aromatic rings. The van der Waals surface area contributed by atoms with Gasteiger partial charge in [0, 0.05) is 33.1 Å². The van der Waals surface area contributed by atoms with Crippen molar-refractivity contribution in [1.29, 1.82) is 0 Å². The molecule has 0 saturated heterocycles. The van der Waals surface area contributed by atoms with Gasteiger partial charge in [-0.05, 0) is 82.6 Å². The minimum Gasteiger partial charge on any atom is -0.494 e. The highest BCUT2D eigenvalue weighted by Crippen LogP contribution is 2.59. The number of carbonyl (C=O) groups is 2. The Morgan fingerprint density at radius 2 is 1.56 bits per heavy atom. The van der Waals surface area contributed by atoms with E-state index < -0.39 is 22.8 Å². The third kappa shape index (κ3) is 4.71. The maximum atomic E-state index is 15.2. The number of methoxy groups -OCH3 is 1. The van der Waals surface area contributed by atoms with E-state index in [-0.39, 0.29) is 16.9 Å². The van der Waals surface area contributed by atoms with Crippen LogP contribution in [0.15, 0.2) is 84.9 Å². The predicted octanol–water partition coefficient (Wildman–Crippen LogP) is 9.55. The molecular weight excluding hydrogens is 610 g/mol. The smallest absolute Gasteiger partial charge is 0.338 e. The molecule has 0 aromatic heterocycles. The summed E-state index contributed by atoms with van der Waals surface area (Å²) in [4.78, 5) is 25.4. The van der Waals surface area contributed by atoms with Crippen molar-refractivity contribution >= 4 is 29.1 Å². The van der Waals surface area contributed by atoms with E-state index in [1.807, 2.05) is 42.5 Å². The van der Waals surface area contributed by atoms with E-state index in [1.54, 1.807) is 24.3 Å². The first-order valence-corrected chi connectivity index (χ1v) is 16.0. The van der Waals surface area contributed by atoms with E-state index in [0.29, 0.717) is 40.5 Å². The van der Waals surface area contributed by atoms with E-state index in [0.717, 1.165) is 46.4 Å². The van der Waals surface area contributed by atoms with Crippen molar-refractivity contribution in [2.75, 3.05) is 13.7 Å². The number of halogens is 2. The van der Waals surface area contributed by atoms with Crippen LogP contribution in [0.2, 0.25) is 0 Å². The Hall–Kier alpha value is -5.30. The zero-order chi connectivity index (χ0) is 33.8. The number of hydrogen-bond donors (Lipinski definition) is 0. The summed E-state index contributed by atoms with van der Waals surface area (Å²) in [6.45, 7) is 6.84. The van der Waals surface area contributed by atoms with Crippen LogP contribution in [0.3, 0.4) is 0 Å². The molecule has 5 nitrogen and oxygen atoms in total. The number of hydrogen-bond acceptors (Lipinski definition) is 5. The fourth-order valence-corrected chi connectivity index (χ4v) is 7.29. The van der Waals surface area contributed by atoms with E-state index in [4.69, 9.17) is 14.2 Å². The van der Waals surface area contributed by atoms with E-state index in [2.05, 4.69) is 20.8 Å². The number of rotatable bonds is 8. The molecule has 7 heteroatoms. The topological polar surface area (TPSA) is 61.8 Å². The standard InChI is InChI=1S/C41H34F2O5/c1-5-6-21-47-28-14-9-25(10-15-28)41(24-7-11-26(42)12-8-24)20-19-31-37-36(29-16-13-27(43)22-32(29)38(31)48-41)35-33(23-44)30(39(45)46-4)17-18-34(35)40(37,2)3/h7-20,22-23H,5-6,21H2,1-4H3. The van der Waals surface area contributed by atoms with Crippen molar-refractivity contribution in [3.05, 3.63) is 136 Å². The van der Waals surface area contributed by atoms with E-state index in [1.165, 1.54) is 31.4 Å². The number of ether oxygens (including phenoxy) is 3. The van der Waals surface area contributed by atoms with Crippen molar-refractivity contribution in [3.63, 3.8) is 0 Å². The lowest BCUT2D eigenvalue weighted by atomic mass is 9.76. The molecule has 0 saturated carbocycles. The van der Waals surface area contributed by atoms with Crippen LogP contribution >= 0.6 is 0 Å². The summed E-state index contributed by atoms with van der Waals surface area (Å²) in [6.07, 6.45) is 6.57. The highest BCUT2D eigenvalue weighted by Gasteiger charge is 2.45. The fraction of sp³-hybridized carbons (Fsp3) is 0.220. The summed E-state index contributed by atoms with van der Waals surface area (Å²) in [5.41, 5.74) is 3.85. The first-order valence-electron chi connectivity index (χ1n) is 16.0. The Kier molecular flexibility index (Phi) is 7.66. The monoisotopic (exact) mass is 644 g/mol. The van der Waals surface area contributed by atoms with Gasteiger partial charge in [0.15, 0.2) is 11.9 Å². The molecule has 1 unspecified atom stereocenters. The first-order chi connectivity index (χ1) is 23.1. The quantitative estimate of drug-likeness (QED) is 0.0957. The molecular formula is C41H34F2O5. The van der Waals surface area contributed by atoms with Crippen LogP contribution in [0.4, 0.5) is 8.78 Å². The zero-order valence-corrected chi connectivity index (χ0v) is 27.2. The molecule has 0 amide bonds. The molecule has 48 heavy (non-hydrogen) atoms. The normalized spacial score (nSPS) is 16.9. The summed E-state index contributed by atoms with van der Waals surface area (Å²) >= 11 is 0. The van der Waals surface area contributed by atoms with Gasteiger partial charge in [-0.3, -0.25) is 4.79 Å². The van der Waals surface area contributed by atoms with Crippen molar-refractivity contribution in [1.82, 2.24) is 0 Å². The third-order valence-electron chi connectivity index (χ3n) is 9.65. The molecule has 2 aliphatic rings. The van der Waals surface area contributed by atoms with Crippen LogP contribution in [0.25, 0.3) is 28.0 Å². The molecule has 242 valence electrons. The summed E-state index contributed by atoms with van der Waals surface area (Å²) < 4.78 is 47.5. The lowest BCUT2D eigenvalue weighted by molar-refractivity contribution is 0.0598. The van der Waals surface area contributed by atoms with Gasteiger partial charge in [0.05, 0.1) is 19.3 Å². The number of unbranched alkanes of at least 4 members (excludes halogenated alkanes) is 1. The number of esters is 1. The molecule has 5 aromatic carbocycles. The van der Waals surface area contributed by atoms with Gasteiger partial charge in [-0.25, -0.2) is 13.6 Å². The second-order valence-corrected chi connectivity index (χ2v) is 12.8. The summed E-state index contributed by atoms with van der Waals surface area (Å²) in [5, 5.41) is 1.17. The minimum atomic E-state index is -1.20. The SMILES string of the molecule is CCCCOc1ccc(C2(c3ccc(F)cc3)C=Cc3c4c(c5ccc(F)cc5c3O2)-c2c(ccc(C(=O)OC)c2C=O)C4(C)C)cc1. The Bertz CT molecular complexity index is 2130. The maximum absolute atomic E-state index is 15.2. The molecule has 0 fully saturated rings. The predicted molar refractivity (Wildman–Crippen MR) is 182 cm³/mol. The van der Waals surface area contributed by atoms with Crippen LogP contribution in [0.5, 0.6) is 11.5 Å². The van der Waals surface area contributed by atoms with Crippen LogP contribution < -0.4 is 9.47 Å². The second-order valence-electron chi connectivity index (χ2n) is 12.8. The molecule has 0 radical (unpaired) electrons. The molecule has 1 atom stereocenters. The van der Waals surface area contributed by atoms with Gasteiger partial charge in [-0.1, -0.05) is 69.7 Å². The van der Waals surface area contributed by atoms with Gasteiger partial charge in [-0.15, -0.1) is 0 Å². The second kappa shape index (κ2) is 11.7. The average molecular weight is 645 g/mol. The third-order valence-corrected chi connectivity index (χ3v) is 9.65. The van der Waals surface area contributed by atoms with Crippen LogP contribution in [0, 0.1) is 11.6 Å². The molecule has 7 rings (SSSR count). The van der Waals surface area contributed by atoms with Crippen molar-refractivity contribution in [2.45, 2.75) is 44.6 Å². The summed E-state index contributed by atoms with van der Waals surface area (Å²) in [6, 6.07) is 21.8. The molecule has 1 aliphatic heterocycles. The summed E-state index contributed by atoms with van der Waals surface area (Å²) in [5.74, 6) is -0.270. The highest BCUT2D eigenvalue weighted by atomic mass is 19.1. The van der Waals surface area contributed by atoms with Crippen LogP contribution in [0.1, 0.15) is 82.1 Å². The Balaban J connectivity index is 1.50. The van der Waals surface area contributed by atoms with Gasteiger partial charge in [0.1, 0.15) is 23.1 Å². The lowest BCUT2D eigenvalue weighted by Gasteiger charge is -2.38. The van der Waals surface area contributed by atoms with Gasteiger partial charge in [0.2, 0.25) is 0 Å². The van der Waals surface area contributed by atoms with Gasteiger partial charge in [-0.2, -0.15) is 0 Å². The molecule has 0 N–H and O–H groups in total. The van der Waals surface area contributed by atoms with Gasteiger partial charge < -0.3 is 14.2 Å². The van der Waals surface area contributed by atoms with Gasteiger partial charge >= 0.3 is 5.97 Å². The number of carbonyl (C=O) groups excluding carboxylic acids is 2. The summed E-state index contributed by atoms with van der Waals surface area (Å²) in [7, 11) is 1.28. The maximum Gasteiger partial charge on any atom is 0.338 e. The van der Waals surface area contributed by atoms with Crippen molar-refractivity contribution in [2.24, 2.45) is 0 Å². The molecule has 1 heterocycles. The molecule has 1 aliphatic carbocycles. The number of aldehydes is 1. The van der Waals surface area contributed by atoms with Crippen molar-refractivity contribution in [3.8, 4) is 22.6 Å². The Morgan fingerprint density at radius 1 is 0.875 bits per heavy atom. The lowest BCUT2D eigenvalue weighted by Crippen LogP contribution is -2.35. The van der Waals surface area contributed by atoms with Crippen LogP contribution in [-0.2, 0) is 15.8 Å². The largest absolute Gasteiger partial charge is 0.494 e. The highest BCUT2D eigenvalue weighted by molar-refractivity contribution is 6.13.